The predicted octanol–water partition coefficient (Wildman–Crippen LogP) is 3.31. The van der Waals surface area contributed by atoms with Gasteiger partial charge in [-0.3, -0.25) is 9.78 Å². The van der Waals surface area contributed by atoms with Crippen LogP contribution in [0, 0.1) is 6.92 Å². The molecule has 0 fully saturated rings. The Morgan fingerprint density at radius 1 is 1.00 bits per heavy atom. The van der Waals surface area contributed by atoms with Crippen LogP contribution in [0.4, 0.5) is 0 Å². The summed E-state index contributed by atoms with van der Waals surface area (Å²) in [6.45, 7) is 1.44. The lowest BCUT2D eigenvalue weighted by Crippen LogP contribution is -2.26. The number of hydrogen-bond acceptors (Lipinski definition) is 5. The van der Waals surface area contributed by atoms with Crippen LogP contribution in [0.5, 0.6) is 11.5 Å². The monoisotopic (exact) mass is 363 g/mol. The maximum Gasteiger partial charge on any atom is 0.169 e. The number of nitrogens with zero attached hydrogens (tertiary/aromatic N) is 1. The molecule has 1 unspecified atom stereocenters. The van der Waals surface area contributed by atoms with Crippen LogP contribution in [0.3, 0.4) is 0 Å². The van der Waals surface area contributed by atoms with Gasteiger partial charge in [0.25, 0.3) is 0 Å². The van der Waals surface area contributed by atoms with Gasteiger partial charge in [-0.1, -0.05) is 23.8 Å². The largest absolute Gasteiger partial charge is 0.457 e. The van der Waals surface area contributed by atoms with E-state index >= 15 is 0 Å². The van der Waals surface area contributed by atoms with E-state index in [0.717, 1.165) is 22.8 Å². The fourth-order valence-corrected chi connectivity index (χ4v) is 2.57. The quantitative estimate of drug-likeness (QED) is 0.673. The van der Waals surface area contributed by atoms with E-state index in [1.165, 1.54) is 5.56 Å². The van der Waals surface area contributed by atoms with Gasteiger partial charge in [0.05, 0.1) is 18.7 Å². The van der Waals surface area contributed by atoms with E-state index < -0.39 is 18.5 Å². The molecule has 0 aliphatic carbocycles. The molecule has 2 aromatic carbocycles. The Balaban J connectivity index is 1.72. The van der Waals surface area contributed by atoms with E-state index in [4.69, 9.17) is 9.84 Å². The minimum atomic E-state index is -1.37. The van der Waals surface area contributed by atoms with E-state index in [-0.39, 0.29) is 6.42 Å². The van der Waals surface area contributed by atoms with E-state index in [2.05, 4.69) is 4.98 Å². The van der Waals surface area contributed by atoms with Gasteiger partial charge in [0.1, 0.15) is 17.6 Å². The predicted molar refractivity (Wildman–Crippen MR) is 103 cm³/mol. The Labute approximate surface area is 157 Å². The number of aliphatic hydroxyl groups is 2. The molecule has 0 aliphatic heterocycles. The number of hydrogen-bond donors (Lipinski definition) is 2. The molecule has 0 amide bonds. The van der Waals surface area contributed by atoms with Crippen molar-refractivity contribution < 1.29 is 19.7 Å². The summed E-state index contributed by atoms with van der Waals surface area (Å²) >= 11 is 0. The molecule has 0 bridgehead atoms. The lowest BCUT2D eigenvalue weighted by molar-refractivity contribution is -0.128. The molecule has 5 heteroatoms. The topological polar surface area (TPSA) is 79.7 Å². The van der Waals surface area contributed by atoms with Gasteiger partial charge in [-0.25, -0.2) is 0 Å². The SMILES string of the molecule is Cc1ccc(Oc2ccc(-c3cccc(CC(=O)C(O)CO)n3)cc2)cc1. The van der Waals surface area contributed by atoms with Gasteiger partial charge >= 0.3 is 0 Å². The first-order valence-electron chi connectivity index (χ1n) is 8.67. The number of carbonyl (C=O) groups is 1. The van der Waals surface area contributed by atoms with E-state index in [9.17, 15) is 9.90 Å². The summed E-state index contributed by atoms with van der Waals surface area (Å²) in [6, 6.07) is 20.8. The molecule has 0 aliphatic rings. The first-order chi connectivity index (χ1) is 13.0. The van der Waals surface area contributed by atoms with Gasteiger partial charge in [0.15, 0.2) is 5.78 Å². The Morgan fingerprint density at radius 3 is 2.26 bits per heavy atom. The van der Waals surface area contributed by atoms with Crippen LogP contribution in [0.15, 0.2) is 66.7 Å². The second kappa shape index (κ2) is 8.58. The molecule has 0 spiro atoms. The van der Waals surface area contributed by atoms with Crippen molar-refractivity contribution in [1.82, 2.24) is 4.98 Å². The number of aryl methyl sites for hydroxylation is 1. The zero-order valence-corrected chi connectivity index (χ0v) is 15.0. The number of aliphatic hydroxyl groups excluding tert-OH is 2. The van der Waals surface area contributed by atoms with Crippen molar-refractivity contribution in [2.24, 2.45) is 0 Å². The number of aromatic nitrogens is 1. The molecule has 0 radical (unpaired) electrons. The van der Waals surface area contributed by atoms with E-state index in [0.29, 0.717) is 5.69 Å². The maximum absolute atomic E-state index is 11.8. The van der Waals surface area contributed by atoms with E-state index in [1.807, 2.05) is 67.6 Å². The van der Waals surface area contributed by atoms with Gasteiger partial charge < -0.3 is 14.9 Å². The molecule has 2 N–H and O–H groups in total. The molecule has 0 saturated carbocycles. The van der Waals surface area contributed by atoms with Gasteiger partial charge in [0, 0.05) is 11.3 Å². The smallest absolute Gasteiger partial charge is 0.169 e. The Morgan fingerprint density at radius 2 is 1.63 bits per heavy atom. The average Bonchev–Trinajstić information content (AvgIpc) is 2.70. The summed E-state index contributed by atoms with van der Waals surface area (Å²) in [4.78, 5) is 16.2. The minimum absolute atomic E-state index is 0.0236. The summed E-state index contributed by atoms with van der Waals surface area (Å²) in [5.41, 5.74) is 3.34. The highest BCUT2D eigenvalue weighted by Crippen LogP contribution is 2.25. The van der Waals surface area contributed by atoms with Crippen LogP contribution >= 0.6 is 0 Å². The summed E-state index contributed by atoms with van der Waals surface area (Å²) in [6.07, 6.45) is -1.39. The van der Waals surface area contributed by atoms with Crippen molar-refractivity contribution in [3.05, 3.63) is 78.0 Å². The first kappa shape index (κ1) is 18.8. The molecule has 1 heterocycles. The maximum atomic E-state index is 11.8. The third kappa shape index (κ3) is 5.00. The third-order valence-corrected chi connectivity index (χ3v) is 4.11. The Bertz CT molecular complexity index is 904. The van der Waals surface area contributed by atoms with Crippen LogP contribution in [0.2, 0.25) is 0 Å². The molecule has 27 heavy (non-hydrogen) atoms. The molecule has 5 nitrogen and oxygen atoms in total. The number of carbonyl (C=O) groups excluding carboxylic acids is 1. The average molecular weight is 363 g/mol. The van der Waals surface area contributed by atoms with Gasteiger partial charge in [-0.05, 0) is 55.5 Å². The highest BCUT2D eigenvalue weighted by Gasteiger charge is 2.15. The van der Waals surface area contributed by atoms with E-state index in [1.54, 1.807) is 6.07 Å². The van der Waals surface area contributed by atoms with Crippen molar-refractivity contribution >= 4 is 5.78 Å². The Hall–Kier alpha value is -3.02. The van der Waals surface area contributed by atoms with Crippen LogP contribution in [-0.2, 0) is 11.2 Å². The van der Waals surface area contributed by atoms with Crippen molar-refractivity contribution in [1.29, 1.82) is 0 Å². The molecule has 138 valence electrons. The second-order valence-electron chi connectivity index (χ2n) is 6.30. The molecule has 3 rings (SSSR count). The zero-order valence-electron chi connectivity index (χ0n) is 15.0. The lowest BCUT2D eigenvalue weighted by atomic mass is 10.1. The number of rotatable bonds is 7. The number of Topliss-reactive ketones (excluding diaryl/α,β-unsaturated/α-hetero) is 1. The van der Waals surface area contributed by atoms with Crippen molar-refractivity contribution in [3.63, 3.8) is 0 Å². The number of benzene rings is 2. The third-order valence-electron chi connectivity index (χ3n) is 4.11. The number of ketones is 1. The van der Waals surface area contributed by atoms with Crippen LogP contribution in [0.25, 0.3) is 11.3 Å². The summed E-state index contributed by atoms with van der Waals surface area (Å²) in [5, 5.41) is 18.3. The summed E-state index contributed by atoms with van der Waals surface area (Å²) in [7, 11) is 0. The van der Waals surface area contributed by atoms with Gasteiger partial charge in [-0.2, -0.15) is 0 Å². The minimum Gasteiger partial charge on any atom is -0.457 e. The Kier molecular flexibility index (Phi) is 5.96. The van der Waals surface area contributed by atoms with Crippen molar-refractivity contribution in [2.75, 3.05) is 6.61 Å². The van der Waals surface area contributed by atoms with Crippen LogP contribution < -0.4 is 4.74 Å². The molecule has 3 aromatic rings. The van der Waals surface area contributed by atoms with Crippen molar-refractivity contribution in [2.45, 2.75) is 19.4 Å². The van der Waals surface area contributed by atoms with Gasteiger partial charge in [-0.15, -0.1) is 0 Å². The molecule has 1 atom stereocenters. The lowest BCUT2D eigenvalue weighted by Gasteiger charge is -2.09. The zero-order chi connectivity index (χ0) is 19.2. The fourth-order valence-electron chi connectivity index (χ4n) is 2.57. The second-order valence-corrected chi connectivity index (χ2v) is 6.30. The van der Waals surface area contributed by atoms with Crippen LogP contribution in [0.1, 0.15) is 11.3 Å². The highest BCUT2D eigenvalue weighted by atomic mass is 16.5. The molecular formula is C22H21NO4. The highest BCUT2D eigenvalue weighted by molar-refractivity contribution is 5.84. The number of ether oxygens (including phenoxy) is 1. The number of pyridine rings is 1. The standard InChI is InChI=1S/C22H21NO4/c1-15-5-9-18(10-6-15)27-19-11-7-16(8-12-19)20-4-2-3-17(23-20)13-21(25)22(26)14-24/h2-12,22,24,26H,13-14H2,1H3. The van der Waals surface area contributed by atoms with Crippen LogP contribution in [-0.4, -0.2) is 33.7 Å². The fraction of sp³-hybridized carbons (Fsp3) is 0.182. The summed E-state index contributed by atoms with van der Waals surface area (Å²) < 4.78 is 5.82. The normalized spacial score (nSPS) is 11.8. The molecular weight excluding hydrogens is 342 g/mol. The molecule has 1 aromatic heterocycles. The summed E-state index contributed by atoms with van der Waals surface area (Å²) in [5.74, 6) is 1.04. The molecule has 0 saturated heterocycles. The first-order valence-corrected chi connectivity index (χ1v) is 8.67. The van der Waals surface area contributed by atoms with Gasteiger partial charge in [0.2, 0.25) is 0 Å². The van der Waals surface area contributed by atoms with Crippen molar-refractivity contribution in [3.8, 4) is 22.8 Å².